The van der Waals surface area contributed by atoms with E-state index < -0.39 is 0 Å². The summed E-state index contributed by atoms with van der Waals surface area (Å²) in [6, 6.07) is 6.39. The van der Waals surface area contributed by atoms with Crippen LogP contribution in [0.5, 0.6) is 0 Å². The number of imidazole rings is 1. The van der Waals surface area contributed by atoms with Gasteiger partial charge in [-0.1, -0.05) is 0 Å². The van der Waals surface area contributed by atoms with Gasteiger partial charge in [-0.2, -0.15) is 0 Å². The van der Waals surface area contributed by atoms with E-state index in [9.17, 15) is 4.79 Å². The smallest absolute Gasteiger partial charge is 0.227 e. The van der Waals surface area contributed by atoms with E-state index in [1.165, 1.54) is 12.8 Å². The first-order chi connectivity index (χ1) is 15.7. The van der Waals surface area contributed by atoms with E-state index >= 15 is 0 Å². The highest BCUT2D eigenvalue weighted by Gasteiger charge is 2.31. The standard InChI is InChI=1S/C23H28N8O/c32-22(30-11-1-2-12-30)15-4-3-13-31(14-15)19-8-7-17-21(28-19)29-20(26-17)18-9-10-24-23(27-18)25-16-5-6-16/h7-10,15-16H,1-6,11-14H2,(H,24,25,27)(H,26,28,29). The summed E-state index contributed by atoms with van der Waals surface area (Å²) in [6.45, 7) is 3.47. The second-order valence-corrected chi connectivity index (χ2v) is 9.13. The molecule has 6 rings (SSSR count). The Morgan fingerprint density at radius 2 is 1.88 bits per heavy atom. The average molecular weight is 433 g/mol. The summed E-state index contributed by atoms with van der Waals surface area (Å²) in [5.41, 5.74) is 2.29. The molecule has 3 fully saturated rings. The number of pyridine rings is 1. The maximum absolute atomic E-state index is 12.9. The van der Waals surface area contributed by atoms with Crippen LogP contribution in [0.15, 0.2) is 24.4 Å². The van der Waals surface area contributed by atoms with Crippen LogP contribution in [0.2, 0.25) is 0 Å². The summed E-state index contributed by atoms with van der Waals surface area (Å²) in [5, 5.41) is 3.33. The highest BCUT2D eigenvalue weighted by Crippen LogP contribution is 2.27. The number of hydrogen-bond acceptors (Lipinski definition) is 7. The van der Waals surface area contributed by atoms with E-state index in [1.807, 2.05) is 23.1 Å². The number of piperidine rings is 1. The summed E-state index contributed by atoms with van der Waals surface area (Å²) in [4.78, 5) is 38.9. The van der Waals surface area contributed by atoms with E-state index in [2.05, 4.69) is 25.2 Å². The topological polar surface area (TPSA) is 103 Å². The molecule has 1 aliphatic carbocycles. The second-order valence-electron chi connectivity index (χ2n) is 9.13. The number of rotatable bonds is 5. The predicted molar refractivity (Wildman–Crippen MR) is 122 cm³/mol. The molecule has 0 spiro atoms. The fourth-order valence-electron chi connectivity index (χ4n) is 4.73. The Labute approximate surface area is 186 Å². The summed E-state index contributed by atoms with van der Waals surface area (Å²) >= 11 is 0. The van der Waals surface area contributed by atoms with Crippen LogP contribution in [-0.4, -0.2) is 67.9 Å². The number of H-pyrrole nitrogens is 1. The Morgan fingerprint density at radius 1 is 1.00 bits per heavy atom. The number of aromatic nitrogens is 5. The lowest BCUT2D eigenvalue weighted by Gasteiger charge is -2.34. The van der Waals surface area contributed by atoms with Gasteiger partial charge in [-0.05, 0) is 56.7 Å². The van der Waals surface area contributed by atoms with Crippen LogP contribution >= 0.6 is 0 Å². The molecule has 3 aliphatic rings. The van der Waals surface area contributed by atoms with Gasteiger partial charge >= 0.3 is 0 Å². The third-order valence-corrected chi connectivity index (χ3v) is 6.65. The molecule has 3 aromatic heterocycles. The van der Waals surface area contributed by atoms with Crippen molar-refractivity contribution in [1.82, 2.24) is 29.8 Å². The molecule has 2 saturated heterocycles. The molecular weight excluding hydrogens is 404 g/mol. The van der Waals surface area contributed by atoms with E-state index in [1.54, 1.807) is 6.20 Å². The molecule has 9 heteroatoms. The lowest BCUT2D eigenvalue weighted by Crippen LogP contribution is -2.44. The van der Waals surface area contributed by atoms with Crippen molar-refractivity contribution in [3.05, 3.63) is 24.4 Å². The molecule has 2 N–H and O–H groups in total. The Bertz CT molecular complexity index is 1130. The van der Waals surface area contributed by atoms with Gasteiger partial charge in [0.15, 0.2) is 11.5 Å². The Hall–Kier alpha value is -3.23. The maximum atomic E-state index is 12.9. The number of hydrogen-bond donors (Lipinski definition) is 2. The zero-order valence-corrected chi connectivity index (χ0v) is 18.1. The van der Waals surface area contributed by atoms with Crippen LogP contribution in [0.25, 0.3) is 22.7 Å². The number of carbonyl (C=O) groups excluding carboxylic acids is 1. The largest absolute Gasteiger partial charge is 0.356 e. The molecule has 0 bridgehead atoms. The van der Waals surface area contributed by atoms with Crippen molar-refractivity contribution in [2.45, 2.75) is 44.6 Å². The number of aromatic amines is 1. The Balaban J connectivity index is 1.21. The summed E-state index contributed by atoms with van der Waals surface area (Å²) in [7, 11) is 0. The monoisotopic (exact) mass is 432 g/mol. The first-order valence-electron chi connectivity index (χ1n) is 11.7. The van der Waals surface area contributed by atoms with Crippen LogP contribution in [0.4, 0.5) is 11.8 Å². The number of nitrogens with zero attached hydrogens (tertiary/aromatic N) is 6. The normalized spacial score (nSPS) is 21.3. The molecule has 2 aliphatic heterocycles. The minimum Gasteiger partial charge on any atom is -0.356 e. The van der Waals surface area contributed by atoms with Gasteiger partial charge in [0.25, 0.3) is 0 Å². The molecule has 0 radical (unpaired) electrons. The van der Waals surface area contributed by atoms with Gasteiger partial charge < -0.3 is 20.1 Å². The molecular formula is C23H28N8O. The van der Waals surface area contributed by atoms with Gasteiger partial charge in [-0.3, -0.25) is 4.79 Å². The minimum atomic E-state index is 0.0625. The van der Waals surface area contributed by atoms with Crippen LogP contribution in [0, 0.1) is 5.92 Å². The highest BCUT2D eigenvalue weighted by molar-refractivity contribution is 5.80. The summed E-state index contributed by atoms with van der Waals surface area (Å²) < 4.78 is 0. The van der Waals surface area contributed by atoms with Gasteiger partial charge in [0.1, 0.15) is 11.5 Å². The van der Waals surface area contributed by atoms with Crippen molar-refractivity contribution in [3.63, 3.8) is 0 Å². The first kappa shape index (κ1) is 19.5. The molecule has 1 saturated carbocycles. The van der Waals surface area contributed by atoms with Crippen molar-refractivity contribution in [3.8, 4) is 11.5 Å². The Kier molecular flexibility index (Phi) is 4.88. The van der Waals surface area contributed by atoms with E-state index in [0.717, 1.165) is 68.9 Å². The predicted octanol–water partition coefficient (Wildman–Crippen LogP) is 2.83. The number of fused-ring (bicyclic) bond motifs is 1. The molecule has 1 amide bonds. The van der Waals surface area contributed by atoms with Crippen LogP contribution in [0.1, 0.15) is 38.5 Å². The lowest BCUT2D eigenvalue weighted by molar-refractivity contribution is -0.134. The van der Waals surface area contributed by atoms with Crippen molar-refractivity contribution >= 4 is 28.8 Å². The lowest BCUT2D eigenvalue weighted by atomic mass is 9.96. The first-order valence-corrected chi connectivity index (χ1v) is 11.7. The van der Waals surface area contributed by atoms with Crippen LogP contribution < -0.4 is 10.2 Å². The third kappa shape index (κ3) is 3.87. The van der Waals surface area contributed by atoms with Crippen molar-refractivity contribution in [1.29, 1.82) is 0 Å². The van der Waals surface area contributed by atoms with Crippen molar-refractivity contribution in [2.75, 3.05) is 36.4 Å². The van der Waals surface area contributed by atoms with Crippen LogP contribution in [0.3, 0.4) is 0 Å². The fourth-order valence-corrected chi connectivity index (χ4v) is 4.73. The fraction of sp³-hybridized carbons (Fsp3) is 0.522. The number of anilines is 2. The van der Waals surface area contributed by atoms with Gasteiger partial charge in [0, 0.05) is 38.4 Å². The zero-order valence-electron chi connectivity index (χ0n) is 18.1. The van der Waals surface area contributed by atoms with E-state index in [0.29, 0.717) is 29.4 Å². The number of nitrogens with one attached hydrogen (secondary N) is 2. The number of carbonyl (C=O) groups is 1. The van der Waals surface area contributed by atoms with E-state index in [-0.39, 0.29) is 5.92 Å². The maximum Gasteiger partial charge on any atom is 0.227 e. The quantitative estimate of drug-likeness (QED) is 0.639. The molecule has 5 heterocycles. The molecule has 1 unspecified atom stereocenters. The second kappa shape index (κ2) is 8.03. The number of amides is 1. The molecule has 0 aromatic carbocycles. The molecule has 166 valence electrons. The van der Waals surface area contributed by atoms with Gasteiger partial charge in [0.2, 0.25) is 11.9 Å². The minimum absolute atomic E-state index is 0.0625. The number of likely N-dealkylation sites (tertiary alicyclic amines) is 1. The average Bonchev–Trinajstić information content (AvgIpc) is 3.30. The molecule has 1 atom stereocenters. The summed E-state index contributed by atoms with van der Waals surface area (Å²) in [6.07, 6.45) is 8.33. The van der Waals surface area contributed by atoms with Crippen LogP contribution in [-0.2, 0) is 4.79 Å². The highest BCUT2D eigenvalue weighted by atomic mass is 16.2. The van der Waals surface area contributed by atoms with Gasteiger partial charge in [-0.25, -0.2) is 19.9 Å². The third-order valence-electron chi connectivity index (χ3n) is 6.65. The molecule has 32 heavy (non-hydrogen) atoms. The van der Waals surface area contributed by atoms with Gasteiger partial charge in [0.05, 0.1) is 11.4 Å². The SMILES string of the molecule is O=C(C1CCCN(c2ccc3[nH]c(-c4ccnc(NC5CC5)n4)nc3n2)C1)N1CCCC1. The van der Waals surface area contributed by atoms with E-state index in [4.69, 9.17) is 9.97 Å². The Morgan fingerprint density at radius 3 is 2.72 bits per heavy atom. The van der Waals surface area contributed by atoms with Crippen molar-refractivity contribution in [2.24, 2.45) is 5.92 Å². The van der Waals surface area contributed by atoms with Gasteiger partial charge in [-0.15, -0.1) is 0 Å². The molecule has 3 aromatic rings. The van der Waals surface area contributed by atoms with Crippen molar-refractivity contribution < 1.29 is 4.79 Å². The molecule has 9 nitrogen and oxygen atoms in total. The zero-order chi connectivity index (χ0) is 21.5. The summed E-state index contributed by atoms with van der Waals surface area (Å²) in [5.74, 6) is 2.59.